The lowest BCUT2D eigenvalue weighted by molar-refractivity contribution is -0.117. The summed E-state index contributed by atoms with van der Waals surface area (Å²) in [7, 11) is 3.63. The molecule has 2 heterocycles. The summed E-state index contributed by atoms with van der Waals surface area (Å²) in [4.78, 5) is 43.3. The highest BCUT2D eigenvalue weighted by Crippen LogP contribution is 2.20. The molecule has 0 aliphatic rings. The molecule has 0 atom stereocenters. The number of carbonyl (C=O) groups excluding carboxylic acids is 2. The molecule has 2 aromatic carbocycles. The number of rotatable bonds is 5. The molecule has 0 aliphatic heterocycles. The zero-order valence-electron chi connectivity index (χ0n) is 16.8. The molecule has 0 bridgehead atoms. The van der Waals surface area contributed by atoms with E-state index < -0.39 is 11.6 Å². The standard InChI is InChI=1S/C21H20N6O3/c1-13(28)14-8-10-15(11-9-14)22-18(29)12-26-21(30)27-17-7-5-4-6-16(17)23-19(25(2)3)20(27)24-26/h4-11H,12H2,1-3H3,(H,22,29). The van der Waals surface area contributed by atoms with Gasteiger partial charge in [0.05, 0.1) is 11.0 Å². The van der Waals surface area contributed by atoms with Gasteiger partial charge in [0.1, 0.15) is 6.54 Å². The van der Waals surface area contributed by atoms with E-state index in [0.717, 1.165) is 4.68 Å². The molecule has 0 unspecified atom stereocenters. The Morgan fingerprint density at radius 1 is 1.07 bits per heavy atom. The SMILES string of the molecule is CC(=O)c1ccc(NC(=O)Cn2nc3c(N(C)C)nc4ccccc4n3c2=O)cc1. The normalized spacial score (nSPS) is 11.0. The maximum Gasteiger partial charge on any atom is 0.351 e. The van der Waals surface area contributed by atoms with Gasteiger partial charge in [0.15, 0.2) is 11.6 Å². The quantitative estimate of drug-likeness (QED) is 0.510. The van der Waals surface area contributed by atoms with Crippen LogP contribution in [0.3, 0.4) is 0 Å². The van der Waals surface area contributed by atoms with Crippen LogP contribution in [0.4, 0.5) is 11.5 Å². The second kappa shape index (κ2) is 7.43. The van der Waals surface area contributed by atoms with E-state index in [2.05, 4.69) is 15.4 Å². The summed E-state index contributed by atoms with van der Waals surface area (Å²) in [6.07, 6.45) is 0. The number of fused-ring (bicyclic) bond motifs is 3. The summed E-state index contributed by atoms with van der Waals surface area (Å²) < 4.78 is 2.59. The van der Waals surface area contributed by atoms with Gasteiger partial charge in [-0.05, 0) is 43.3 Å². The minimum atomic E-state index is -0.422. The summed E-state index contributed by atoms with van der Waals surface area (Å²) in [5, 5.41) is 7.08. The number of hydrogen-bond acceptors (Lipinski definition) is 6. The van der Waals surface area contributed by atoms with E-state index in [1.54, 1.807) is 35.2 Å². The van der Waals surface area contributed by atoms with Crippen LogP contribution in [0.15, 0.2) is 53.3 Å². The Kier molecular flexibility index (Phi) is 4.78. The topological polar surface area (TPSA) is 102 Å². The highest BCUT2D eigenvalue weighted by atomic mass is 16.2. The number of ketones is 1. The summed E-state index contributed by atoms with van der Waals surface area (Å²) in [5.74, 6) is 0.0752. The van der Waals surface area contributed by atoms with Gasteiger partial charge < -0.3 is 10.2 Å². The smallest absolute Gasteiger partial charge is 0.351 e. The molecule has 30 heavy (non-hydrogen) atoms. The number of nitrogens with one attached hydrogen (secondary N) is 1. The van der Waals surface area contributed by atoms with Crippen molar-refractivity contribution in [2.45, 2.75) is 13.5 Å². The Hall–Kier alpha value is -4.01. The van der Waals surface area contributed by atoms with E-state index in [4.69, 9.17) is 0 Å². The molecular weight excluding hydrogens is 384 g/mol. The number of anilines is 2. The fraction of sp³-hybridized carbons (Fsp3) is 0.190. The molecular formula is C21H20N6O3. The maximum atomic E-state index is 13.0. The van der Waals surface area contributed by atoms with Gasteiger partial charge in [0.2, 0.25) is 11.6 Å². The lowest BCUT2D eigenvalue weighted by atomic mass is 10.1. The van der Waals surface area contributed by atoms with Crippen molar-refractivity contribution >= 4 is 39.9 Å². The third kappa shape index (κ3) is 3.41. The molecule has 0 radical (unpaired) electrons. The average Bonchev–Trinajstić information content (AvgIpc) is 3.04. The zero-order valence-corrected chi connectivity index (χ0v) is 16.8. The molecule has 0 fully saturated rings. The summed E-state index contributed by atoms with van der Waals surface area (Å²) in [6.45, 7) is 1.22. The van der Waals surface area contributed by atoms with E-state index >= 15 is 0 Å². The van der Waals surface area contributed by atoms with Crippen molar-refractivity contribution in [3.63, 3.8) is 0 Å². The Labute approximate surface area is 171 Å². The van der Waals surface area contributed by atoms with Crippen molar-refractivity contribution in [1.29, 1.82) is 0 Å². The van der Waals surface area contributed by atoms with E-state index in [1.807, 2.05) is 32.3 Å². The van der Waals surface area contributed by atoms with Crippen LogP contribution in [-0.4, -0.2) is 45.0 Å². The van der Waals surface area contributed by atoms with Gasteiger partial charge in [-0.3, -0.25) is 9.59 Å². The van der Waals surface area contributed by atoms with Crippen LogP contribution in [0, 0.1) is 0 Å². The van der Waals surface area contributed by atoms with Crippen molar-refractivity contribution < 1.29 is 9.59 Å². The number of Topliss-reactive ketones (excluding diaryl/α,β-unsaturated/α-hetero) is 1. The molecule has 4 rings (SSSR count). The molecule has 1 amide bonds. The van der Waals surface area contributed by atoms with Gasteiger partial charge in [-0.2, -0.15) is 0 Å². The van der Waals surface area contributed by atoms with Crippen LogP contribution in [0.2, 0.25) is 0 Å². The van der Waals surface area contributed by atoms with E-state index in [9.17, 15) is 14.4 Å². The minimum absolute atomic E-state index is 0.0540. The van der Waals surface area contributed by atoms with Crippen LogP contribution in [-0.2, 0) is 11.3 Å². The molecule has 0 saturated heterocycles. The minimum Gasteiger partial charge on any atom is -0.360 e. The Morgan fingerprint density at radius 2 is 1.77 bits per heavy atom. The van der Waals surface area contributed by atoms with Crippen molar-refractivity contribution in [2.75, 3.05) is 24.3 Å². The predicted molar refractivity (Wildman–Crippen MR) is 114 cm³/mol. The molecule has 9 nitrogen and oxygen atoms in total. The molecule has 9 heteroatoms. The molecule has 152 valence electrons. The number of amides is 1. The molecule has 1 N–H and O–H groups in total. The fourth-order valence-corrected chi connectivity index (χ4v) is 3.21. The van der Waals surface area contributed by atoms with Crippen molar-refractivity contribution in [3.05, 3.63) is 64.6 Å². The second-order valence-electron chi connectivity index (χ2n) is 7.10. The summed E-state index contributed by atoms with van der Waals surface area (Å²) in [5.41, 5.74) is 2.32. The number of nitrogens with zero attached hydrogens (tertiary/aromatic N) is 5. The van der Waals surface area contributed by atoms with Gasteiger partial charge in [-0.25, -0.2) is 18.9 Å². The molecule has 0 saturated carbocycles. The van der Waals surface area contributed by atoms with Gasteiger partial charge in [0.25, 0.3) is 0 Å². The van der Waals surface area contributed by atoms with Gasteiger partial charge >= 0.3 is 5.69 Å². The predicted octanol–water partition coefficient (Wildman–Crippen LogP) is 1.95. The van der Waals surface area contributed by atoms with Crippen molar-refractivity contribution in [1.82, 2.24) is 19.2 Å². The highest BCUT2D eigenvalue weighted by molar-refractivity contribution is 5.95. The lowest BCUT2D eigenvalue weighted by Gasteiger charge is -2.12. The van der Waals surface area contributed by atoms with Gasteiger partial charge in [-0.15, -0.1) is 5.10 Å². The van der Waals surface area contributed by atoms with Gasteiger partial charge in [0, 0.05) is 25.3 Å². The first kappa shape index (κ1) is 19.3. The molecule has 4 aromatic rings. The van der Waals surface area contributed by atoms with Crippen LogP contribution in [0.1, 0.15) is 17.3 Å². The largest absolute Gasteiger partial charge is 0.360 e. The number of benzene rings is 2. The Balaban J connectivity index is 1.69. The van der Waals surface area contributed by atoms with Gasteiger partial charge in [-0.1, -0.05) is 12.1 Å². The van der Waals surface area contributed by atoms with Crippen LogP contribution in [0.5, 0.6) is 0 Å². The Bertz CT molecular complexity index is 1330. The fourth-order valence-electron chi connectivity index (χ4n) is 3.21. The van der Waals surface area contributed by atoms with E-state index in [1.165, 1.54) is 11.3 Å². The average molecular weight is 404 g/mol. The lowest BCUT2D eigenvalue weighted by Crippen LogP contribution is -2.28. The van der Waals surface area contributed by atoms with E-state index in [-0.39, 0.29) is 12.3 Å². The summed E-state index contributed by atoms with van der Waals surface area (Å²) in [6, 6.07) is 13.8. The molecule has 2 aromatic heterocycles. The first-order valence-corrected chi connectivity index (χ1v) is 9.31. The van der Waals surface area contributed by atoms with E-state index in [0.29, 0.717) is 33.7 Å². The number of hydrogen-bond donors (Lipinski definition) is 1. The van der Waals surface area contributed by atoms with Crippen LogP contribution < -0.4 is 15.9 Å². The molecule has 0 spiro atoms. The number of carbonyl (C=O) groups is 2. The highest BCUT2D eigenvalue weighted by Gasteiger charge is 2.18. The zero-order chi connectivity index (χ0) is 21.4. The third-order valence-corrected chi connectivity index (χ3v) is 4.68. The van der Waals surface area contributed by atoms with Crippen molar-refractivity contribution in [3.8, 4) is 0 Å². The number of aromatic nitrogens is 4. The maximum absolute atomic E-state index is 13.0. The van der Waals surface area contributed by atoms with Crippen LogP contribution >= 0.6 is 0 Å². The first-order chi connectivity index (χ1) is 14.3. The first-order valence-electron chi connectivity index (χ1n) is 9.31. The second-order valence-corrected chi connectivity index (χ2v) is 7.10. The molecule has 0 aliphatic carbocycles. The monoisotopic (exact) mass is 404 g/mol. The third-order valence-electron chi connectivity index (χ3n) is 4.68. The van der Waals surface area contributed by atoms with Crippen LogP contribution in [0.25, 0.3) is 16.7 Å². The number of para-hydroxylation sites is 2. The van der Waals surface area contributed by atoms with Crippen molar-refractivity contribution in [2.24, 2.45) is 0 Å². The summed E-state index contributed by atoms with van der Waals surface area (Å²) >= 11 is 0. The Morgan fingerprint density at radius 3 is 2.43 bits per heavy atom.